The molecule has 3 N–H and O–H groups in total. The number of fused-ring (bicyclic) bond motifs is 2. The van der Waals surface area contributed by atoms with Crippen LogP contribution in [0.2, 0.25) is 10.0 Å². The van der Waals surface area contributed by atoms with Crippen LogP contribution in [0.5, 0.6) is 0 Å². The number of benzene rings is 3. The number of anilines is 3. The minimum absolute atomic E-state index is 0.0264. The molecule has 0 unspecified atom stereocenters. The van der Waals surface area contributed by atoms with Crippen molar-refractivity contribution in [3.63, 3.8) is 0 Å². The summed E-state index contributed by atoms with van der Waals surface area (Å²) in [6.07, 6.45) is 3.69. The molecule has 0 radical (unpaired) electrons. The van der Waals surface area contributed by atoms with E-state index in [1.165, 1.54) is 30.7 Å². The van der Waals surface area contributed by atoms with Crippen molar-refractivity contribution in [1.82, 2.24) is 24.8 Å². The quantitative estimate of drug-likeness (QED) is 0.156. The molecule has 0 amide bonds. The second-order valence-electron chi connectivity index (χ2n) is 11.2. The maximum Gasteiger partial charge on any atom is 0.263 e. The van der Waals surface area contributed by atoms with Crippen LogP contribution in [0.4, 0.5) is 26.0 Å². The van der Waals surface area contributed by atoms with Gasteiger partial charge in [-0.15, -0.1) is 0 Å². The van der Waals surface area contributed by atoms with Gasteiger partial charge in [0.05, 0.1) is 36.9 Å². The number of para-hydroxylation sites is 1. The van der Waals surface area contributed by atoms with E-state index in [1.807, 2.05) is 0 Å². The van der Waals surface area contributed by atoms with Gasteiger partial charge >= 0.3 is 0 Å². The smallest absolute Gasteiger partial charge is 0.263 e. The molecule has 3 aromatic carbocycles. The second-order valence-corrected chi connectivity index (χ2v) is 15.8. The van der Waals surface area contributed by atoms with Crippen molar-refractivity contribution < 1.29 is 25.6 Å². The lowest BCUT2D eigenvalue weighted by atomic mass is 10.2. The Morgan fingerprint density at radius 1 is 0.878 bits per heavy atom. The molecule has 252 valence electrons. The number of sulfonamides is 1. The number of piperidine rings is 1. The maximum absolute atomic E-state index is 15.8. The summed E-state index contributed by atoms with van der Waals surface area (Å²) < 4.78 is 88.4. The fourth-order valence-corrected chi connectivity index (χ4v) is 9.53. The molecule has 0 atom stereocenters. The van der Waals surface area contributed by atoms with E-state index in [4.69, 9.17) is 23.2 Å². The number of aromatic nitrogens is 4. The largest absolute Gasteiger partial charge is 0.333 e. The first-order valence-electron chi connectivity index (χ1n) is 14.8. The van der Waals surface area contributed by atoms with Gasteiger partial charge in [-0.3, -0.25) is 9.29 Å². The van der Waals surface area contributed by atoms with Crippen LogP contribution in [0, 0.1) is 11.6 Å². The van der Waals surface area contributed by atoms with Crippen molar-refractivity contribution in [3.8, 4) is 5.82 Å². The zero-order chi connectivity index (χ0) is 34.5. The van der Waals surface area contributed by atoms with Gasteiger partial charge in [0.2, 0.25) is 0 Å². The third-order valence-electron chi connectivity index (χ3n) is 8.21. The summed E-state index contributed by atoms with van der Waals surface area (Å²) in [5.74, 6) is -2.11. The molecule has 0 saturated carbocycles. The summed E-state index contributed by atoms with van der Waals surface area (Å²) in [5, 5.41) is 5.50. The molecule has 7 rings (SSSR count). The predicted molar refractivity (Wildman–Crippen MR) is 184 cm³/mol. The molecule has 0 spiro atoms. The fourth-order valence-electron chi connectivity index (χ4n) is 5.76. The molecule has 49 heavy (non-hydrogen) atoms. The third kappa shape index (κ3) is 6.06. The Balaban J connectivity index is 1.28. The molecule has 1 aliphatic rings. The fraction of sp³-hybridized carbons (Fsp3) is 0.156. The summed E-state index contributed by atoms with van der Waals surface area (Å²) in [5.41, 5.74) is -0.283. The van der Waals surface area contributed by atoms with E-state index in [0.29, 0.717) is 48.2 Å². The SMILES string of the molecule is O=S(=O)(Nc1ccc(F)c(Nc2ncnc3ccc(-n4cc(S(=O)(=O)C5CCNCC5)c5ccccc54)nc23)c1F)c1cccc(Cl)c1Cl. The number of pyridine rings is 1. The molecular weight excluding hydrogens is 719 g/mol. The lowest BCUT2D eigenvalue weighted by molar-refractivity contribution is 0.496. The highest BCUT2D eigenvalue weighted by atomic mass is 35.5. The highest BCUT2D eigenvalue weighted by Crippen LogP contribution is 2.35. The number of rotatable bonds is 8. The molecule has 0 aliphatic carbocycles. The van der Waals surface area contributed by atoms with Crippen LogP contribution in [-0.4, -0.2) is 54.7 Å². The highest BCUT2D eigenvalue weighted by molar-refractivity contribution is 7.93. The molecule has 0 bridgehead atoms. The predicted octanol–water partition coefficient (Wildman–Crippen LogP) is 6.62. The molecule has 1 fully saturated rings. The molecule has 1 aliphatic heterocycles. The molecule has 6 aromatic rings. The molecule has 17 heteroatoms. The first-order valence-corrected chi connectivity index (χ1v) is 18.6. The van der Waals surface area contributed by atoms with E-state index < -0.39 is 53.0 Å². The van der Waals surface area contributed by atoms with E-state index in [9.17, 15) is 16.8 Å². The average Bonchev–Trinajstić information content (AvgIpc) is 3.50. The zero-order valence-electron chi connectivity index (χ0n) is 25.2. The summed E-state index contributed by atoms with van der Waals surface area (Å²) in [7, 11) is -8.13. The first kappa shape index (κ1) is 33.1. The lowest BCUT2D eigenvalue weighted by Gasteiger charge is -2.22. The van der Waals surface area contributed by atoms with Gasteiger partial charge in [0.25, 0.3) is 10.0 Å². The monoisotopic (exact) mass is 743 g/mol. The van der Waals surface area contributed by atoms with E-state index >= 15 is 8.78 Å². The summed E-state index contributed by atoms with van der Waals surface area (Å²) in [6, 6.07) is 16.1. The third-order valence-corrected chi connectivity index (χ3v) is 12.8. The minimum atomic E-state index is -4.44. The molecule has 1 saturated heterocycles. The second kappa shape index (κ2) is 12.8. The topological polar surface area (TPSA) is 148 Å². The van der Waals surface area contributed by atoms with Crippen molar-refractivity contribution in [2.75, 3.05) is 23.1 Å². The molecular formula is C32H25Cl2F2N7O4S2. The Kier molecular flexibility index (Phi) is 8.65. The number of sulfone groups is 1. The van der Waals surface area contributed by atoms with Crippen LogP contribution in [-0.2, 0) is 19.9 Å². The van der Waals surface area contributed by atoms with Crippen molar-refractivity contribution in [1.29, 1.82) is 0 Å². The van der Waals surface area contributed by atoms with Gasteiger partial charge in [-0.1, -0.05) is 47.5 Å². The van der Waals surface area contributed by atoms with Gasteiger partial charge < -0.3 is 10.6 Å². The van der Waals surface area contributed by atoms with Crippen LogP contribution >= 0.6 is 23.2 Å². The van der Waals surface area contributed by atoms with Crippen LogP contribution in [0.3, 0.4) is 0 Å². The summed E-state index contributed by atoms with van der Waals surface area (Å²) in [4.78, 5) is 12.8. The van der Waals surface area contributed by atoms with Gasteiger partial charge in [0, 0.05) is 11.6 Å². The van der Waals surface area contributed by atoms with E-state index in [1.54, 1.807) is 41.0 Å². The molecule has 11 nitrogen and oxygen atoms in total. The average molecular weight is 745 g/mol. The number of nitrogens with zero attached hydrogens (tertiary/aromatic N) is 4. The van der Waals surface area contributed by atoms with Gasteiger partial charge in [-0.2, -0.15) is 0 Å². The standard InChI is InChI=1S/C32H25Cl2F2N7O4S2/c33-20-5-3-7-25(28(20)34)49(46,47)42-22-9-8-21(35)30(29(22)36)41-32-31-23(38-17-39-32)10-11-27(40-31)43-16-26(19-4-1-2-6-24(19)43)48(44,45)18-12-14-37-15-13-18/h1-11,16-18,37,42H,12-15H2,(H,38,39,41). The zero-order valence-corrected chi connectivity index (χ0v) is 28.3. The Hall–Kier alpha value is -4.41. The minimum Gasteiger partial charge on any atom is -0.333 e. The number of hydrogen-bond donors (Lipinski definition) is 3. The summed E-state index contributed by atoms with van der Waals surface area (Å²) >= 11 is 12.0. The Morgan fingerprint density at radius 2 is 1.65 bits per heavy atom. The van der Waals surface area contributed by atoms with Crippen molar-refractivity contribution in [3.05, 3.63) is 101 Å². The van der Waals surface area contributed by atoms with Gasteiger partial charge in [-0.05, 0) is 68.4 Å². The van der Waals surface area contributed by atoms with Gasteiger partial charge in [-0.25, -0.2) is 40.6 Å². The van der Waals surface area contributed by atoms with E-state index in [0.717, 1.165) is 12.1 Å². The van der Waals surface area contributed by atoms with Crippen LogP contribution < -0.4 is 15.4 Å². The Labute approximate surface area is 289 Å². The van der Waals surface area contributed by atoms with Gasteiger partial charge in [0.15, 0.2) is 21.5 Å². The van der Waals surface area contributed by atoms with Crippen molar-refractivity contribution in [2.24, 2.45) is 0 Å². The lowest BCUT2D eigenvalue weighted by Crippen LogP contribution is -2.35. The number of nitrogens with one attached hydrogen (secondary N) is 3. The van der Waals surface area contributed by atoms with Crippen molar-refractivity contribution >= 4 is 82.2 Å². The van der Waals surface area contributed by atoms with E-state index in [2.05, 4.69) is 30.3 Å². The summed E-state index contributed by atoms with van der Waals surface area (Å²) in [6.45, 7) is 1.22. The number of halogens is 4. The normalized spacial score (nSPS) is 14.4. The van der Waals surface area contributed by atoms with E-state index in [-0.39, 0.29) is 26.3 Å². The molecule has 3 aromatic heterocycles. The van der Waals surface area contributed by atoms with Crippen molar-refractivity contribution in [2.45, 2.75) is 27.9 Å². The Bertz CT molecular complexity index is 2490. The number of hydrogen-bond acceptors (Lipinski definition) is 9. The van der Waals surface area contributed by atoms with Crippen LogP contribution in [0.25, 0.3) is 27.8 Å². The highest BCUT2D eigenvalue weighted by Gasteiger charge is 2.32. The van der Waals surface area contributed by atoms with Crippen LogP contribution in [0.1, 0.15) is 12.8 Å². The molecule has 4 heterocycles. The van der Waals surface area contributed by atoms with Gasteiger partial charge in [0.1, 0.15) is 34.1 Å². The first-order chi connectivity index (χ1) is 23.5. The Morgan fingerprint density at radius 3 is 2.45 bits per heavy atom. The maximum atomic E-state index is 15.8. The van der Waals surface area contributed by atoms with Crippen LogP contribution in [0.15, 0.2) is 89.0 Å².